The molecule has 160 valence electrons. The van der Waals surface area contributed by atoms with Gasteiger partial charge >= 0.3 is 0 Å². The van der Waals surface area contributed by atoms with E-state index in [1.54, 1.807) is 18.6 Å². The van der Waals surface area contributed by atoms with Crippen molar-refractivity contribution < 1.29 is 14.3 Å². The minimum absolute atomic E-state index is 0.0133. The zero-order valence-electron chi connectivity index (χ0n) is 16.8. The number of hydrogen-bond donors (Lipinski definition) is 2. The highest BCUT2D eigenvalue weighted by atomic mass is 35.5. The van der Waals surface area contributed by atoms with Crippen LogP contribution in [0.4, 0.5) is 5.82 Å². The number of nitrogens with zero attached hydrogens (tertiary/aromatic N) is 3. The summed E-state index contributed by atoms with van der Waals surface area (Å²) in [5, 5.41) is 6.99. The summed E-state index contributed by atoms with van der Waals surface area (Å²) in [5.41, 5.74) is 2.03. The molecule has 0 aromatic carbocycles. The second-order valence-corrected chi connectivity index (χ2v) is 7.99. The smallest absolute Gasteiger partial charge is 0.145 e. The van der Waals surface area contributed by atoms with Crippen LogP contribution in [-0.4, -0.2) is 66.3 Å². The molecule has 1 unspecified atom stereocenters. The van der Waals surface area contributed by atoms with Crippen LogP contribution in [0.2, 0.25) is 5.02 Å². The monoisotopic (exact) mass is 431 g/mol. The third-order valence-corrected chi connectivity index (χ3v) is 5.63. The van der Waals surface area contributed by atoms with Gasteiger partial charge < -0.3 is 20.1 Å². The number of rotatable bonds is 7. The van der Waals surface area contributed by atoms with E-state index >= 15 is 0 Å². The van der Waals surface area contributed by atoms with Gasteiger partial charge in [0.15, 0.2) is 0 Å². The number of carbonyl (C=O) groups is 1. The second-order valence-electron chi connectivity index (χ2n) is 7.58. The average molecular weight is 432 g/mol. The molecule has 8 nitrogen and oxygen atoms in total. The summed E-state index contributed by atoms with van der Waals surface area (Å²) in [5.74, 6) is 0.887. The summed E-state index contributed by atoms with van der Waals surface area (Å²) in [6, 6.07) is 1.84. The van der Waals surface area contributed by atoms with Crippen molar-refractivity contribution in [1.29, 1.82) is 0 Å². The van der Waals surface area contributed by atoms with Gasteiger partial charge in [-0.05, 0) is 25.5 Å². The third-order valence-electron chi connectivity index (χ3n) is 5.33. The standard InChI is InChI=1S/C21H26ClN5O3/c22-18-10-25-15(7-20(28)14-2-1-3-23-8-14)6-17(18)19-11-24-12-21(27-19)26-9-16-13-29-4-5-30-16/h6,10-12,14,16,23H,1-5,7-9,13H2,(H,26,27)/t14-,16?/m1/s1. The van der Waals surface area contributed by atoms with Crippen LogP contribution >= 0.6 is 11.6 Å². The van der Waals surface area contributed by atoms with Crippen LogP contribution in [0, 0.1) is 5.92 Å². The van der Waals surface area contributed by atoms with E-state index in [2.05, 4.69) is 25.6 Å². The lowest BCUT2D eigenvalue weighted by molar-refractivity contribution is -0.122. The minimum Gasteiger partial charge on any atom is -0.376 e. The molecule has 2 atom stereocenters. The fourth-order valence-corrected chi connectivity index (χ4v) is 3.88. The Hall–Kier alpha value is -2.13. The van der Waals surface area contributed by atoms with E-state index in [-0.39, 0.29) is 17.8 Å². The van der Waals surface area contributed by atoms with Gasteiger partial charge in [0.2, 0.25) is 0 Å². The molecule has 2 saturated heterocycles. The van der Waals surface area contributed by atoms with Gasteiger partial charge in [0, 0.05) is 42.9 Å². The number of ether oxygens (including phenoxy) is 2. The third kappa shape index (κ3) is 5.51. The van der Waals surface area contributed by atoms with Gasteiger partial charge in [0.25, 0.3) is 0 Å². The first-order valence-electron chi connectivity index (χ1n) is 10.3. The number of piperidine rings is 1. The normalized spacial score (nSPS) is 21.9. The fraction of sp³-hybridized carbons (Fsp3) is 0.524. The van der Waals surface area contributed by atoms with Crippen LogP contribution < -0.4 is 10.6 Å². The van der Waals surface area contributed by atoms with Crippen molar-refractivity contribution >= 4 is 23.2 Å². The molecule has 0 bridgehead atoms. The molecule has 0 spiro atoms. The molecule has 2 fully saturated rings. The molecule has 9 heteroatoms. The van der Waals surface area contributed by atoms with Crippen molar-refractivity contribution in [3.63, 3.8) is 0 Å². The van der Waals surface area contributed by atoms with Crippen LogP contribution in [0.25, 0.3) is 11.3 Å². The highest BCUT2D eigenvalue weighted by molar-refractivity contribution is 6.33. The van der Waals surface area contributed by atoms with Crippen molar-refractivity contribution in [2.24, 2.45) is 5.92 Å². The molecule has 0 aliphatic carbocycles. The van der Waals surface area contributed by atoms with E-state index < -0.39 is 0 Å². The molecule has 2 aromatic heterocycles. The predicted octanol–water partition coefficient (Wildman–Crippen LogP) is 2.13. The van der Waals surface area contributed by atoms with E-state index in [0.29, 0.717) is 60.6 Å². The first-order chi connectivity index (χ1) is 14.7. The Balaban J connectivity index is 1.45. The van der Waals surface area contributed by atoms with Gasteiger partial charge in [-0.2, -0.15) is 0 Å². The maximum atomic E-state index is 12.6. The van der Waals surface area contributed by atoms with E-state index in [4.69, 9.17) is 21.1 Å². The number of aromatic nitrogens is 3. The summed E-state index contributed by atoms with van der Waals surface area (Å²) < 4.78 is 11.0. The number of ketones is 1. The van der Waals surface area contributed by atoms with E-state index in [1.165, 1.54) is 0 Å². The number of nitrogens with one attached hydrogen (secondary N) is 2. The summed E-state index contributed by atoms with van der Waals surface area (Å²) in [7, 11) is 0. The highest BCUT2D eigenvalue weighted by Crippen LogP contribution is 2.27. The van der Waals surface area contributed by atoms with Gasteiger partial charge in [-0.25, -0.2) is 4.98 Å². The van der Waals surface area contributed by atoms with Crippen LogP contribution in [0.3, 0.4) is 0 Å². The second kappa shape index (κ2) is 10.3. The predicted molar refractivity (Wildman–Crippen MR) is 114 cm³/mol. The number of hydrogen-bond acceptors (Lipinski definition) is 8. The van der Waals surface area contributed by atoms with Gasteiger partial charge in [0.05, 0.1) is 49.0 Å². The van der Waals surface area contributed by atoms with Gasteiger partial charge in [-0.15, -0.1) is 0 Å². The number of halogens is 1. The SMILES string of the molecule is O=C(Cc1cc(-c2cncc(NCC3COCCO3)n2)c(Cl)cn1)[C@@H]1CCCNC1. The maximum absolute atomic E-state index is 12.6. The van der Waals surface area contributed by atoms with Crippen molar-refractivity contribution in [3.05, 3.63) is 35.4 Å². The molecular formula is C21H26ClN5O3. The van der Waals surface area contributed by atoms with Crippen LogP contribution in [0.1, 0.15) is 18.5 Å². The number of carbonyl (C=O) groups excluding carboxylic acids is 1. The molecule has 0 radical (unpaired) electrons. The Morgan fingerprint density at radius 2 is 2.23 bits per heavy atom. The first-order valence-corrected chi connectivity index (χ1v) is 10.7. The topological polar surface area (TPSA) is 98.3 Å². The van der Waals surface area contributed by atoms with E-state index in [9.17, 15) is 4.79 Å². The Labute approximate surface area is 180 Å². The van der Waals surface area contributed by atoms with Crippen LogP contribution in [0.15, 0.2) is 24.7 Å². The molecule has 30 heavy (non-hydrogen) atoms. The van der Waals surface area contributed by atoms with Gasteiger partial charge in [-0.1, -0.05) is 11.6 Å². The van der Waals surface area contributed by atoms with E-state index in [1.807, 2.05) is 6.07 Å². The molecule has 2 aliphatic heterocycles. The Morgan fingerprint density at radius 1 is 1.30 bits per heavy atom. The van der Waals surface area contributed by atoms with Gasteiger partial charge in [-0.3, -0.25) is 14.8 Å². The van der Waals surface area contributed by atoms with Crippen molar-refractivity contribution in [2.75, 3.05) is 44.8 Å². The molecule has 2 aromatic rings. The lowest BCUT2D eigenvalue weighted by Crippen LogP contribution is -2.35. The first kappa shape index (κ1) is 21.1. The molecule has 4 heterocycles. The summed E-state index contributed by atoms with van der Waals surface area (Å²) in [4.78, 5) is 25.9. The van der Waals surface area contributed by atoms with Gasteiger partial charge in [0.1, 0.15) is 11.6 Å². The summed E-state index contributed by atoms with van der Waals surface area (Å²) in [6.07, 6.45) is 7.13. The summed E-state index contributed by atoms with van der Waals surface area (Å²) in [6.45, 7) is 4.10. The quantitative estimate of drug-likeness (QED) is 0.688. The minimum atomic E-state index is -0.0133. The highest BCUT2D eigenvalue weighted by Gasteiger charge is 2.22. The largest absolute Gasteiger partial charge is 0.376 e. The fourth-order valence-electron chi connectivity index (χ4n) is 3.68. The molecular weight excluding hydrogens is 406 g/mol. The zero-order valence-corrected chi connectivity index (χ0v) is 17.5. The summed E-state index contributed by atoms with van der Waals surface area (Å²) >= 11 is 6.38. The molecule has 4 rings (SSSR count). The van der Waals surface area contributed by atoms with Crippen molar-refractivity contribution in [1.82, 2.24) is 20.3 Å². The number of Topliss-reactive ketones (excluding diaryl/α,β-unsaturated/α-hetero) is 1. The lowest BCUT2D eigenvalue weighted by atomic mass is 9.92. The maximum Gasteiger partial charge on any atom is 0.145 e. The van der Waals surface area contributed by atoms with E-state index in [0.717, 1.165) is 25.9 Å². The molecule has 2 N–H and O–H groups in total. The zero-order chi connectivity index (χ0) is 20.8. The van der Waals surface area contributed by atoms with Crippen LogP contribution in [-0.2, 0) is 20.7 Å². The Bertz CT molecular complexity index is 869. The molecule has 0 amide bonds. The number of anilines is 1. The Kier molecular flexibility index (Phi) is 7.22. The number of pyridine rings is 1. The average Bonchev–Trinajstić information content (AvgIpc) is 2.80. The Morgan fingerprint density at radius 3 is 3.03 bits per heavy atom. The molecule has 2 aliphatic rings. The molecule has 0 saturated carbocycles. The van der Waals surface area contributed by atoms with Crippen molar-refractivity contribution in [3.8, 4) is 11.3 Å². The van der Waals surface area contributed by atoms with Crippen molar-refractivity contribution in [2.45, 2.75) is 25.4 Å². The lowest BCUT2D eigenvalue weighted by Gasteiger charge is -2.23. The van der Waals surface area contributed by atoms with Crippen LogP contribution in [0.5, 0.6) is 0 Å².